The third kappa shape index (κ3) is 4.01. The number of hydrogen-bond donors (Lipinski definition) is 1. The maximum atomic E-state index is 5.89. The summed E-state index contributed by atoms with van der Waals surface area (Å²) in [6.07, 6.45) is 0. The minimum Gasteiger partial charge on any atom is -0.380 e. The van der Waals surface area contributed by atoms with Gasteiger partial charge in [-0.3, -0.25) is 4.90 Å². The van der Waals surface area contributed by atoms with Crippen LogP contribution in [-0.2, 0) is 17.9 Å². The zero-order valence-electron chi connectivity index (χ0n) is 12.0. The Morgan fingerprint density at radius 3 is 2.53 bits per heavy atom. The standard InChI is InChI=1S/C15H25N3O/c1-17-7-8-18(15(9-16)11-17)10-13-3-5-14(6-4-13)12-19-2/h3-6,15H,7-12,16H2,1-2H3. The second-order valence-electron chi connectivity index (χ2n) is 5.37. The fourth-order valence-electron chi connectivity index (χ4n) is 2.62. The van der Waals surface area contributed by atoms with E-state index in [1.54, 1.807) is 7.11 Å². The maximum Gasteiger partial charge on any atom is 0.0713 e. The average molecular weight is 263 g/mol. The van der Waals surface area contributed by atoms with E-state index in [2.05, 4.69) is 41.1 Å². The molecule has 0 aromatic heterocycles. The highest BCUT2D eigenvalue weighted by Crippen LogP contribution is 2.13. The summed E-state index contributed by atoms with van der Waals surface area (Å²) in [6.45, 7) is 5.68. The second kappa shape index (κ2) is 7.01. The number of ether oxygens (including phenoxy) is 1. The number of rotatable bonds is 5. The molecule has 0 saturated carbocycles. The molecule has 1 heterocycles. The first kappa shape index (κ1) is 14.5. The molecule has 0 bridgehead atoms. The minimum atomic E-state index is 0.470. The van der Waals surface area contributed by atoms with Gasteiger partial charge in [0.2, 0.25) is 0 Å². The Kier molecular flexibility index (Phi) is 5.34. The van der Waals surface area contributed by atoms with Gasteiger partial charge in [0.1, 0.15) is 0 Å². The molecule has 2 rings (SSSR count). The van der Waals surface area contributed by atoms with Gasteiger partial charge in [-0.1, -0.05) is 24.3 Å². The summed E-state index contributed by atoms with van der Waals surface area (Å²) in [4.78, 5) is 4.85. The average Bonchev–Trinajstić information content (AvgIpc) is 2.43. The van der Waals surface area contributed by atoms with Gasteiger partial charge in [0, 0.05) is 45.9 Å². The highest BCUT2D eigenvalue weighted by molar-refractivity contribution is 5.22. The Morgan fingerprint density at radius 1 is 1.21 bits per heavy atom. The Bertz CT molecular complexity index is 379. The Labute approximate surface area is 116 Å². The van der Waals surface area contributed by atoms with Gasteiger partial charge in [-0.25, -0.2) is 0 Å². The van der Waals surface area contributed by atoms with Crippen molar-refractivity contribution < 1.29 is 4.74 Å². The van der Waals surface area contributed by atoms with E-state index in [0.29, 0.717) is 12.6 Å². The molecule has 0 spiro atoms. The van der Waals surface area contributed by atoms with Gasteiger partial charge in [0.05, 0.1) is 6.61 Å². The SMILES string of the molecule is COCc1ccc(CN2CCN(C)CC2CN)cc1. The van der Waals surface area contributed by atoms with Gasteiger partial charge in [-0.2, -0.15) is 0 Å². The van der Waals surface area contributed by atoms with Gasteiger partial charge < -0.3 is 15.4 Å². The predicted octanol–water partition coefficient (Wildman–Crippen LogP) is 0.908. The van der Waals surface area contributed by atoms with E-state index in [4.69, 9.17) is 10.5 Å². The first-order valence-corrected chi connectivity index (χ1v) is 6.92. The molecule has 106 valence electrons. The van der Waals surface area contributed by atoms with E-state index >= 15 is 0 Å². The predicted molar refractivity (Wildman–Crippen MR) is 77.9 cm³/mol. The van der Waals surface area contributed by atoms with Gasteiger partial charge in [-0.15, -0.1) is 0 Å². The Balaban J connectivity index is 1.95. The van der Waals surface area contributed by atoms with Gasteiger partial charge in [-0.05, 0) is 18.2 Å². The van der Waals surface area contributed by atoms with E-state index in [1.807, 2.05) is 0 Å². The van der Waals surface area contributed by atoms with Crippen molar-refractivity contribution in [1.82, 2.24) is 9.80 Å². The fourth-order valence-corrected chi connectivity index (χ4v) is 2.62. The largest absolute Gasteiger partial charge is 0.380 e. The zero-order chi connectivity index (χ0) is 13.7. The van der Waals surface area contributed by atoms with Crippen molar-refractivity contribution in [3.63, 3.8) is 0 Å². The number of piperazine rings is 1. The van der Waals surface area contributed by atoms with E-state index < -0.39 is 0 Å². The van der Waals surface area contributed by atoms with Crippen molar-refractivity contribution in [1.29, 1.82) is 0 Å². The molecule has 1 aliphatic rings. The highest BCUT2D eigenvalue weighted by Gasteiger charge is 2.23. The summed E-state index contributed by atoms with van der Waals surface area (Å²) in [7, 11) is 3.89. The Morgan fingerprint density at radius 2 is 1.89 bits per heavy atom. The smallest absolute Gasteiger partial charge is 0.0713 e. The minimum absolute atomic E-state index is 0.470. The van der Waals surface area contributed by atoms with Crippen LogP contribution >= 0.6 is 0 Å². The molecule has 0 radical (unpaired) electrons. The van der Waals surface area contributed by atoms with Crippen molar-refractivity contribution in [2.24, 2.45) is 5.73 Å². The van der Waals surface area contributed by atoms with E-state index in [-0.39, 0.29) is 0 Å². The van der Waals surface area contributed by atoms with Crippen LogP contribution in [-0.4, -0.2) is 56.2 Å². The van der Waals surface area contributed by atoms with Crippen LogP contribution < -0.4 is 5.73 Å². The number of benzene rings is 1. The zero-order valence-corrected chi connectivity index (χ0v) is 12.0. The lowest BCUT2D eigenvalue weighted by molar-refractivity contribution is 0.0881. The summed E-state index contributed by atoms with van der Waals surface area (Å²) in [5, 5.41) is 0. The van der Waals surface area contributed by atoms with Crippen LogP contribution in [0.3, 0.4) is 0 Å². The van der Waals surface area contributed by atoms with E-state index in [0.717, 1.165) is 32.7 Å². The molecule has 1 fully saturated rings. The quantitative estimate of drug-likeness (QED) is 0.857. The van der Waals surface area contributed by atoms with Gasteiger partial charge in [0.15, 0.2) is 0 Å². The molecular weight excluding hydrogens is 238 g/mol. The first-order chi connectivity index (χ1) is 9.22. The van der Waals surface area contributed by atoms with Crippen LogP contribution in [0.4, 0.5) is 0 Å². The van der Waals surface area contributed by atoms with Crippen molar-refractivity contribution in [3.8, 4) is 0 Å². The van der Waals surface area contributed by atoms with E-state index in [9.17, 15) is 0 Å². The molecule has 0 aliphatic carbocycles. The third-order valence-electron chi connectivity index (χ3n) is 3.80. The molecule has 1 aromatic carbocycles. The molecule has 19 heavy (non-hydrogen) atoms. The molecule has 1 aliphatic heterocycles. The van der Waals surface area contributed by atoms with Gasteiger partial charge in [0.25, 0.3) is 0 Å². The molecule has 0 amide bonds. The monoisotopic (exact) mass is 263 g/mol. The third-order valence-corrected chi connectivity index (χ3v) is 3.80. The van der Waals surface area contributed by atoms with Crippen molar-refractivity contribution in [2.45, 2.75) is 19.2 Å². The topological polar surface area (TPSA) is 41.7 Å². The number of methoxy groups -OCH3 is 1. The van der Waals surface area contributed by atoms with Gasteiger partial charge >= 0.3 is 0 Å². The molecule has 1 saturated heterocycles. The summed E-state index contributed by atoms with van der Waals surface area (Å²) in [5.41, 5.74) is 8.46. The fraction of sp³-hybridized carbons (Fsp3) is 0.600. The molecule has 4 heteroatoms. The van der Waals surface area contributed by atoms with Crippen molar-refractivity contribution in [2.75, 3.05) is 40.3 Å². The normalized spacial score (nSPS) is 21.7. The summed E-state index contributed by atoms with van der Waals surface area (Å²) in [5.74, 6) is 0. The molecular formula is C15H25N3O. The molecule has 4 nitrogen and oxygen atoms in total. The van der Waals surface area contributed by atoms with Crippen LogP contribution in [0.5, 0.6) is 0 Å². The molecule has 1 atom stereocenters. The van der Waals surface area contributed by atoms with Crippen LogP contribution in [0.1, 0.15) is 11.1 Å². The number of nitrogens with zero attached hydrogens (tertiary/aromatic N) is 2. The second-order valence-corrected chi connectivity index (χ2v) is 5.37. The lowest BCUT2D eigenvalue weighted by atomic mass is 10.1. The number of hydrogen-bond acceptors (Lipinski definition) is 4. The van der Waals surface area contributed by atoms with Crippen LogP contribution in [0.25, 0.3) is 0 Å². The lowest BCUT2D eigenvalue weighted by Crippen LogP contribution is -2.54. The highest BCUT2D eigenvalue weighted by atomic mass is 16.5. The molecule has 1 aromatic rings. The lowest BCUT2D eigenvalue weighted by Gasteiger charge is -2.39. The van der Waals surface area contributed by atoms with Crippen LogP contribution in [0, 0.1) is 0 Å². The van der Waals surface area contributed by atoms with Crippen LogP contribution in [0.2, 0.25) is 0 Å². The summed E-state index contributed by atoms with van der Waals surface area (Å²) < 4.78 is 5.13. The molecule has 2 N–H and O–H groups in total. The number of nitrogens with two attached hydrogens (primary N) is 1. The Hall–Kier alpha value is -0.940. The summed E-state index contributed by atoms with van der Waals surface area (Å²) in [6, 6.07) is 9.15. The van der Waals surface area contributed by atoms with E-state index in [1.165, 1.54) is 11.1 Å². The van der Waals surface area contributed by atoms with Crippen molar-refractivity contribution >= 4 is 0 Å². The number of likely N-dealkylation sites (N-methyl/N-ethyl adjacent to an activating group) is 1. The first-order valence-electron chi connectivity index (χ1n) is 6.92. The van der Waals surface area contributed by atoms with Crippen molar-refractivity contribution in [3.05, 3.63) is 35.4 Å². The van der Waals surface area contributed by atoms with Crippen LogP contribution in [0.15, 0.2) is 24.3 Å². The molecule has 1 unspecified atom stereocenters. The maximum absolute atomic E-state index is 5.89. The summed E-state index contributed by atoms with van der Waals surface area (Å²) >= 11 is 0.